The molecule has 1 aliphatic heterocycles. The van der Waals surface area contributed by atoms with E-state index in [9.17, 15) is 0 Å². The van der Waals surface area contributed by atoms with E-state index in [0.717, 1.165) is 11.5 Å². The summed E-state index contributed by atoms with van der Waals surface area (Å²) < 4.78 is 0. The lowest BCUT2D eigenvalue weighted by molar-refractivity contribution is 0.0357. The summed E-state index contributed by atoms with van der Waals surface area (Å²) in [5, 5.41) is 3.54. The quantitative estimate of drug-likeness (QED) is 0.616. The minimum absolute atomic E-state index is 0.748. The van der Waals surface area contributed by atoms with Crippen LogP contribution in [0.5, 0.6) is 0 Å². The Hall–Kier alpha value is -0.0400. The van der Waals surface area contributed by atoms with Crippen molar-refractivity contribution in [2.45, 2.75) is 45.1 Å². The fourth-order valence-electron chi connectivity index (χ4n) is 2.39. The molecule has 1 heteroatoms. The molecule has 1 saturated heterocycles. The highest BCUT2D eigenvalue weighted by Gasteiger charge is 2.44. The molecule has 10 heavy (non-hydrogen) atoms. The van der Waals surface area contributed by atoms with Crippen LogP contribution in [0.25, 0.3) is 0 Å². The van der Waals surface area contributed by atoms with Gasteiger partial charge in [0.1, 0.15) is 0 Å². The third-order valence-corrected chi connectivity index (χ3v) is 3.62. The first-order chi connectivity index (χ1) is 4.87. The molecule has 0 aromatic rings. The van der Waals surface area contributed by atoms with E-state index in [1.54, 1.807) is 0 Å². The summed E-state index contributed by atoms with van der Waals surface area (Å²) in [5.74, 6) is 0. The first-order valence-electron chi connectivity index (χ1n) is 4.61. The molecule has 0 aromatic heterocycles. The number of hydrogen-bond acceptors (Lipinski definition) is 1. The second kappa shape index (κ2) is 2.23. The fraction of sp³-hybridized carbons (Fsp3) is 1.00. The van der Waals surface area contributed by atoms with E-state index in [1.165, 1.54) is 38.6 Å². The average Bonchev–Trinajstić information content (AvgIpc) is 1.73. The van der Waals surface area contributed by atoms with Crippen LogP contribution in [0.4, 0.5) is 0 Å². The standard InChI is InChI=1S/C9H17N/c1-2-9(5-3-6-9)8-4-7-10-8/h8,10H,2-7H2,1H3. The monoisotopic (exact) mass is 139 g/mol. The Labute approximate surface area is 63.2 Å². The van der Waals surface area contributed by atoms with Crippen molar-refractivity contribution in [3.63, 3.8) is 0 Å². The topological polar surface area (TPSA) is 12.0 Å². The third-order valence-electron chi connectivity index (χ3n) is 3.62. The van der Waals surface area contributed by atoms with Gasteiger partial charge in [-0.15, -0.1) is 0 Å². The Bertz CT molecular complexity index is 117. The van der Waals surface area contributed by atoms with Crippen LogP contribution in [0, 0.1) is 5.41 Å². The molecule has 1 heterocycles. The number of nitrogens with one attached hydrogen (secondary N) is 1. The first kappa shape index (κ1) is 6.66. The maximum atomic E-state index is 3.54. The van der Waals surface area contributed by atoms with Crippen LogP contribution in [0.1, 0.15) is 39.0 Å². The van der Waals surface area contributed by atoms with Gasteiger partial charge in [-0.25, -0.2) is 0 Å². The molecule has 58 valence electrons. The van der Waals surface area contributed by atoms with Crippen LogP contribution >= 0.6 is 0 Å². The van der Waals surface area contributed by atoms with Crippen molar-refractivity contribution in [3.8, 4) is 0 Å². The average molecular weight is 139 g/mol. The van der Waals surface area contributed by atoms with E-state index in [0.29, 0.717) is 0 Å². The molecule has 0 bridgehead atoms. The van der Waals surface area contributed by atoms with Crippen LogP contribution in [-0.2, 0) is 0 Å². The normalized spacial score (nSPS) is 36.3. The Kier molecular flexibility index (Phi) is 1.48. The van der Waals surface area contributed by atoms with Crippen LogP contribution in [-0.4, -0.2) is 12.6 Å². The molecule has 0 amide bonds. The maximum Gasteiger partial charge on any atom is 0.0135 e. The summed E-state index contributed by atoms with van der Waals surface area (Å²) in [4.78, 5) is 0. The van der Waals surface area contributed by atoms with Gasteiger partial charge in [0.25, 0.3) is 0 Å². The van der Waals surface area contributed by atoms with Gasteiger partial charge in [-0.3, -0.25) is 0 Å². The van der Waals surface area contributed by atoms with Gasteiger partial charge in [0.05, 0.1) is 0 Å². The summed E-state index contributed by atoms with van der Waals surface area (Å²) in [6.07, 6.45) is 7.28. The van der Waals surface area contributed by atoms with Crippen LogP contribution < -0.4 is 5.32 Å². The fourth-order valence-corrected chi connectivity index (χ4v) is 2.39. The first-order valence-corrected chi connectivity index (χ1v) is 4.61. The van der Waals surface area contributed by atoms with Crippen molar-refractivity contribution >= 4 is 0 Å². The zero-order chi connectivity index (χ0) is 7.03. The zero-order valence-corrected chi connectivity index (χ0v) is 6.82. The van der Waals surface area contributed by atoms with E-state index < -0.39 is 0 Å². The molecule has 0 spiro atoms. The number of rotatable bonds is 2. The molecule has 1 saturated carbocycles. The van der Waals surface area contributed by atoms with Gasteiger partial charge >= 0.3 is 0 Å². The van der Waals surface area contributed by atoms with Crippen LogP contribution in [0.15, 0.2) is 0 Å². The molecular weight excluding hydrogens is 122 g/mol. The Morgan fingerprint density at radius 1 is 1.50 bits per heavy atom. The van der Waals surface area contributed by atoms with E-state index in [2.05, 4.69) is 12.2 Å². The molecule has 1 atom stereocenters. The van der Waals surface area contributed by atoms with Gasteiger partial charge in [0.2, 0.25) is 0 Å². The summed E-state index contributed by atoms with van der Waals surface area (Å²) in [7, 11) is 0. The van der Waals surface area contributed by atoms with Crippen molar-refractivity contribution in [1.82, 2.24) is 5.32 Å². The molecule has 0 radical (unpaired) electrons. The molecule has 1 nitrogen and oxygen atoms in total. The highest BCUT2D eigenvalue weighted by Crippen LogP contribution is 2.48. The molecule has 2 rings (SSSR count). The van der Waals surface area contributed by atoms with Gasteiger partial charge in [-0.05, 0) is 37.6 Å². The summed E-state index contributed by atoms with van der Waals surface area (Å²) >= 11 is 0. The van der Waals surface area contributed by atoms with E-state index >= 15 is 0 Å². The molecular formula is C9H17N. The van der Waals surface area contributed by atoms with E-state index in [-0.39, 0.29) is 0 Å². The van der Waals surface area contributed by atoms with Gasteiger partial charge in [-0.2, -0.15) is 0 Å². The molecule has 2 aliphatic rings. The second-order valence-electron chi connectivity index (χ2n) is 3.86. The van der Waals surface area contributed by atoms with Crippen molar-refractivity contribution in [1.29, 1.82) is 0 Å². The molecule has 1 aliphatic carbocycles. The predicted molar refractivity (Wildman–Crippen MR) is 43.0 cm³/mol. The largest absolute Gasteiger partial charge is 0.313 e. The summed E-state index contributed by atoms with van der Waals surface area (Å²) in [6, 6.07) is 0.895. The van der Waals surface area contributed by atoms with Crippen LogP contribution in [0.3, 0.4) is 0 Å². The second-order valence-corrected chi connectivity index (χ2v) is 3.86. The minimum Gasteiger partial charge on any atom is -0.313 e. The van der Waals surface area contributed by atoms with Gasteiger partial charge < -0.3 is 5.32 Å². The SMILES string of the molecule is CCC1(C2CCN2)CCC1. The Balaban J connectivity index is 1.96. The lowest BCUT2D eigenvalue weighted by Gasteiger charge is -2.51. The summed E-state index contributed by atoms with van der Waals surface area (Å²) in [5.41, 5.74) is 0.748. The predicted octanol–water partition coefficient (Wildman–Crippen LogP) is 1.93. The minimum atomic E-state index is 0.748. The van der Waals surface area contributed by atoms with Crippen LogP contribution in [0.2, 0.25) is 0 Å². The van der Waals surface area contributed by atoms with Crippen molar-refractivity contribution < 1.29 is 0 Å². The molecule has 0 aromatic carbocycles. The van der Waals surface area contributed by atoms with Crippen molar-refractivity contribution in [2.24, 2.45) is 5.41 Å². The Morgan fingerprint density at radius 2 is 2.20 bits per heavy atom. The highest BCUT2D eigenvalue weighted by molar-refractivity contribution is 5.00. The number of hydrogen-bond donors (Lipinski definition) is 1. The lowest BCUT2D eigenvalue weighted by atomic mass is 9.60. The smallest absolute Gasteiger partial charge is 0.0135 e. The molecule has 2 fully saturated rings. The van der Waals surface area contributed by atoms with Gasteiger partial charge in [0, 0.05) is 6.04 Å². The third kappa shape index (κ3) is 0.731. The summed E-state index contributed by atoms with van der Waals surface area (Å²) in [6.45, 7) is 3.62. The molecule has 1 unspecified atom stereocenters. The van der Waals surface area contributed by atoms with Crippen molar-refractivity contribution in [3.05, 3.63) is 0 Å². The highest BCUT2D eigenvalue weighted by atomic mass is 15.0. The Morgan fingerprint density at radius 3 is 2.30 bits per heavy atom. The maximum absolute atomic E-state index is 3.54. The van der Waals surface area contributed by atoms with Gasteiger partial charge in [0.15, 0.2) is 0 Å². The van der Waals surface area contributed by atoms with E-state index in [1.807, 2.05) is 0 Å². The van der Waals surface area contributed by atoms with Gasteiger partial charge in [-0.1, -0.05) is 13.3 Å². The molecule has 1 N–H and O–H groups in total. The lowest BCUT2D eigenvalue weighted by Crippen LogP contribution is -2.57. The van der Waals surface area contributed by atoms with Crippen molar-refractivity contribution in [2.75, 3.05) is 6.54 Å². The zero-order valence-electron chi connectivity index (χ0n) is 6.82. The van der Waals surface area contributed by atoms with E-state index in [4.69, 9.17) is 0 Å².